The molecule has 0 spiro atoms. The van der Waals surface area contributed by atoms with E-state index in [0.29, 0.717) is 11.6 Å². The summed E-state index contributed by atoms with van der Waals surface area (Å²) in [6, 6.07) is 7.92. The molecule has 0 atom stereocenters. The minimum Gasteiger partial charge on any atom is -0.476 e. The lowest BCUT2D eigenvalue weighted by Gasteiger charge is -2.03. The molecule has 3 aromatic rings. The minimum atomic E-state index is -1.02. The van der Waals surface area contributed by atoms with Gasteiger partial charge in [-0.2, -0.15) is 0 Å². The van der Waals surface area contributed by atoms with Crippen LogP contribution in [0.1, 0.15) is 21.1 Å². The monoisotopic (exact) mass is 299 g/mol. The van der Waals surface area contributed by atoms with E-state index in [-0.39, 0.29) is 5.69 Å². The van der Waals surface area contributed by atoms with Gasteiger partial charge in [-0.3, -0.25) is 0 Å². The van der Waals surface area contributed by atoms with Crippen molar-refractivity contribution in [2.75, 3.05) is 6.54 Å². The van der Waals surface area contributed by atoms with E-state index < -0.39 is 5.97 Å². The molecule has 0 saturated carbocycles. The number of aromatic amines is 1. The lowest BCUT2D eigenvalue weighted by molar-refractivity contribution is 0.0691. The van der Waals surface area contributed by atoms with E-state index in [1.165, 1.54) is 16.7 Å². The number of para-hydroxylation sites is 1. The van der Waals surface area contributed by atoms with E-state index in [9.17, 15) is 4.79 Å². The summed E-state index contributed by atoms with van der Waals surface area (Å²) in [6.07, 6.45) is 3.76. The Kier molecular flexibility index (Phi) is 3.55. The van der Waals surface area contributed by atoms with Gasteiger partial charge >= 0.3 is 5.97 Å². The van der Waals surface area contributed by atoms with Crippen LogP contribution in [0.3, 0.4) is 0 Å². The highest BCUT2D eigenvalue weighted by atomic mass is 32.1. The number of carbonyl (C=O) groups is 1. The van der Waals surface area contributed by atoms with E-state index in [1.54, 1.807) is 0 Å². The highest BCUT2D eigenvalue weighted by Crippen LogP contribution is 2.31. The van der Waals surface area contributed by atoms with Gasteiger partial charge in [-0.05, 0) is 6.07 Å². The normalized spacial score (nSPS) is 12.0. The van der Waals surface area contributed by atoms with Crippen molar-refractivity contribution >= 4 is 33.8 Å². The zero-order valence-corrected chi connectivity index (χ0v) is 11.9. The standard InChI is InChI=1S/C15H13N3O2S/c16-6-5-10(14-18-13(8-21-14)15(19)20)11-7-17-12-4-2-1-3-9(11)12/h1-5,7-8,17H,6,16H2,(H,19,20). The maximum atomic E-state index is 11.0. The molecule has 4 N–H and O–H groups in total. The number of aromatic nitrogens is 2. The van der Waals surface area contributed by atoms with Gasteiger partial charge in [0.05, 0.1) is 0 Å². The van der Waals surface area contributed by atoms with Crippen molar-refractivity contribution in [2.24, 2.45) is 5.73 Å². The molecule has 0 radical (unpaired) electrons. The van der Waals surface area contributed by atoms with E-state index in [1.807, 2.05) is 36.5 Å². The van der Waals surface area contributed by atoms with Crippen molar-refractivity contribution in [1.29, 1.82) is 0 Å². The number of benzene rings is 1. The molecule has 0 aliphatic rings. The summed E-state index contributed by atoms with van der Waals surface area (Å²) >= 11 is 1.30. The summed E-state index contributed by atoms with van der Waals surface area (Å²) in [6.45, 7) is 0.358. The SMILES string of the molecule is NCC=C(c1nc(C(=O)O)cs1)c1c[nH]c2ccccc12. The van der Waals surface area contributed by atoms with E-state index >= 15 is 0 Å². The molecular weight excluding hydrogens is 286 g/mol. The largest absolute Gasteiger partial charge is 0.476 e. The van der Waals surface area contributed by atoms with Crippen molar-refractivity contribution in [3.8, 4) is 0 Å². The molecule has 2 aromatic heterocycles. The van der Waals surface area contributed by atoms with Crippen LogP contribution in [-0.4, -0.2) is 27.6 Å². The number of carboxylic acids is 1. The van der Waals surface area contributed by atoms with Gasteiger partial charge in [-0.25, -0.2) is 9.78 Å². The number of thiazole rings is 1. The van der Waals surface area contributed by atoms with Gasteiger partial charge in [0, 0.05) is 40.2 Å². The molecule has 0 aliphatic carbocycles. The Morgan fingerprint density at radius 2 is 2.24 bits per heavy atom. The second kappa shape index (κ2) is 5.51. The zero-order chi connectivity index (χ0) is 14.8. The summed E-state index contributed by atoms with van der Waals surface area (Å²) in [4.78, 5) is 18.4. The summed E-state index contributed by atoms with van der Waals surface area (Å²) in [5.41, 5.74) is 8.56. The number of hydrogen-bond donors (Lipinski definition) is 3. The molecule has 0 bridgehead atoms. The van der Waals surface area contributed by atoms with Crippen LogP contribution in [0.5, 0.6) is 0 Å². The predicted octanol–water partition coefficient (Wildman–Crippen LogP) is 2.71. The topological polar surface area (TPSA) is 92.0 Å². The third-order valence-electron chi connectivity index (χ3n) is 3.16. The molecule has 1 aromatic carbocycles. The number of nitrogens with zero attached hydrogens (tertiary/aromatic N) is 1. The van der Waals surface area contributed by atoms with Gasteiger partial charge in [-0.15, -0.1) is 11.3 Å². The van der Waals surface area contributed by atoms with Gasteiger partial charge in [0.15, 0.2) is 5.69 Å². The number of aromatic carboxylic acids is 1. The van der Waals surface area contributed by atoms with Crippen LogP contribution in [0.25, 0.3) is 16.5 Å². The Balaban J connectivity index is 2.14. The first-order valence-electron chi connectivity index (χ1n) is 6.36. The Hall–Kier alpha value is -2.44. The number of hydrogen-bond acceptors (Lipinski definition) is 4. The average molecular weight is 299 g/mol. The van der Waals surface area contributed by atoms with Crippen molar-refractivity contribution in [3.05, 3.63) is 58.2 Å². The highest BCUT2D eigenvalue weighted by molar-refractivity contribution is 7.11. The first-order valence-corrected chi connectivity index (χ1v) is 7.24. The lowest BCUT2D eigenvalue weighted by Crippen LogP contribution is -1.99. The lowest BCUT2D eigenvalue weighted by atomic mass is 10.1. The molecule has 2 heterocycles. The number of H-pyrrole nitrogens is 1. The first kappa shape index (κ1) is 13.5. The summed E-state index contributed by atoms with van der Waals surface area (Å²) in [5, 5.41) is 12.3. The number of fused-ring (bicyclic) bond motifs is 1. The second-order valence-electron chi connectivity index (χ2n) is 4.44. The molecule has 0 saturated heterocycles. The second-order valence-corrected chi connectivity index (χ2v) is 5.30. The molecule has 0 amide bonds. The van der Waals surface area contributed by atoms with Crippen LogP contribution >= 0.6 is 11.3 Å². The van der Waals surface area contributed by atoms with Crippen molar-refractivity contribution < 1.29 is 9.90 Å². The Morgan fingerprint density at radius 3 is 2.95 bits per heavy atom. The number of nitrogens with one attached hydrogen (secondary N) is 1. The van der Waals surface area contributed by atoms with Crippen LogP contribution in [0.4, 0.5) is 0 Å². The average Bonchev–Trinajstić information content (AvgIpc) is 3.12. The maximum absolute atomic E-state index is 11.0. The highest BCUT2D eigenvalue weighted by Gasteiger charge is 2.15. The summed E-state index contributed by atoms with van der Waals surface area (Å²) in [7, 11) is 0. The van der Waals surface area contributed by atoms with Gasteiger partial charge in [0.25, 0.3) is 0 Å². The maximum Gasteiger partial charge on any atom is 0.355 e. The molecular formula is C15H13N3O2S. The molecule has 3 rings (SSSR count). The van der Waals surface area contributed by atoms with Gasteiger partial charge in [0.1, 0.15) is 5.01 Å². The molecule has 0 fully saturated rings. The van der Waals surface area contributed by atoms with Crippen LogP contribution in [0.15, 0.2) is 41.9 Å². The number of nitrogens with two attached hydrogens (primary N) is 1. The Labute approximate surface area is 124 Å². The zero-order valence-electron chi connectivity index (χ0n) is 11.0. The third-order valence-corrected chi connectivity index (χ3v) is 4.03. The minimum absolute atomic E-state index is 0.0535. The van der Waals surface area contributed by atoms with Crippen LogP contribution in [-0.2, 0) is 0 Å². The van der Waals surface area contributed by atoms with E-state index in [2.05, 4.69) is 9.97 Å². The molecule has 0 unspecified atom stereocenters. The fraction of sp³-hybridized carbons (Fsp3) is 0.0667. The van der Waals surface area contributed by atoms with Gasteiger partial charge in [0.2, 0.25) is 0 Å². The van der Waals surface area contributed by atoms with Crippen LogP contribution in [0, 0.1) is 0 Å². The predicted molar refractivity (Wildman–Crippen MR) is 83.5 cm³/mol. The van der Waals surface area contributed by atoms with E-state index in [4.69, 9.17) is 10.8 Å². The third kappa shape index (κ3) is 2.46. The van der Waals surface area contributed by atoms with Gasteiger partial charge in [-0.1, -0.05) is 24.3 Å². The first-order chi connectivity index (χ1) is 10.2. The smallest absolute Gasteiger partial charge is 0.355 e. The van der Waals surface area contributed by atoms with Crippen LogP contribution < -0.4 is 5.73 Å². The fourth-order valence-corrected chi connectivity index (χ4v) is 3.07. The quantitative estimate of drug-likeness (QED) is 0.690. The summed E-state index contributed by atoms with van der Waals surface area (Å²) in [5.74, 6) is -1.02. The fourth-order valence-electron chi connectivity index (χ4n) is 2.22. The summed E-state index contributed by atoms with van der Waals surface area (Å²) < 4.78 is 0. The molecule has 21 heavy (non-hydrogen) atoms. The molecule has 0 aliphatic heterocycles. The van der Waals surface area contributed by atoms with Gasteiger partial charge < -0.3 is 15.8 Å². The molecule has 6 heteroatoms. The Bertz CT molecular complexity index is 832. The Morgan fingerprint density at radius 1 is 1.43 bits per heavy atom. The van der Waals surface area contributed by atoms with Crippen molar-refractivity contribution in [2.45, 2.75) is 0 Å². The van der Waals surface area contributed by atoms with Crippen molar-refractivity contribution in [1.82, 2.24) is 9.97 Å². The number of rotatable bonds is 4. The number of carboxylic acid groups (broad SMARTS) is 1. The van der Waals surface area contributed by atoms with E-state index in [0.717, 1.165) is 22.0 Å². The molecule has 5 nitrogen and oxygen atoms in total. The van der Waals surface area contributed by atoms with Crippen molar-refractivity contribution in [3.63, 3.8) is 0 Å². The molecule has 106 valence electrons. The van der Waals surface area contributed by atoms with Crippen LogP contribution in [0.2, 0.25) is 0 Å².